The van der Waals surface area contributed by atoms with Crippen LogP contribution in [-0.2, 0) is 19.2 Å². The Labute approximate surface area is 163 Å². The van der Waals surface area contributed by atoms with E-state index in [9.17, 15) is 14.4 Å². The fraction of sp³-hybridized carbons (Fsp3) is 0.500. The molecule has 1 aromatic rings. The van der Waals surface area contributed by atoms with Crippen molar-refractivity contribution in [2.24, 2.45) is 5.16 Å². The molecule has 0 radical (unpaired) electrons. The average molecular weight is 420 g/mol. The Balaban J connectivity index is 2.09. The van der Waals surface area contributed by atoms with Gasteiger partial charge in [-0.15, -0.1) is 34.7 Å². The van der Waals surface area contributed by atoms with Crippen LogP contribution in [0.5, 0.6) is 0 Å². The molecule has 1 saturated heterocycles. The SMILES string of the molecule is CO/N=C(\C(=O)N[C@@H]1C(=O)N[C@H]1SC(C)C)c1csc(NC(=O)CCl)n1. The van der Waals surface area contributed by atoms with Crippen molar-refractivity contribution in [3.05, 3.63) is 11.1 Å². The summed E-state index contributed by atoms with van der Waals surface area (Å²) in [5.74, 6) is -1.48. The van der Waals surface area contributed by atoms with E-state index in [2.05, 4.69) is 26.1 Å². The molecular weight excluding hydrogens is 402 g/mol. The van der Waals surface area contributed by atoms with E-state index in [1.807, 2.05) is 13.8 Å². The van der Waals surface area contributed by atoms with E-state index in [-0.39, 0.29) is 33.7 Å². The van der Waals surface area contributed by atoms with Crippen molar-refractivity contribution in [3.63, 3.8) is 0 Å². The van der Waals surface area contributed by atoms with Crippen LogP contribution in [0.3, 0.4) is 0 Å². The number of halogens is 1. The van der Waals surface area contributed by atoms with Gasteiger partial charge < -0.3 is 20.8 Å². The highest BCUT2D eigenvalue weighted by molar-refractivity contribution is 8.00. The summed E-state index contributed by atoms with van der Waals surface area (Å²) in [4.78, 5) is 44.5. The number of anilines is 1. The number of amides is 3. The largest absolute Gasteiger partial charge is 0.398 e. The molecule has 1 aromatic heterocycles. The minimum absolute atomic E-state index is 0.0943. The minimum atomic E-state index is -0.661. The van der Waals surface area contributed by atoms with Gasteiger partial charge >= 0.3 is 0 Å². The fourth-order valence-corrected chi connectivity index (χ4v) is 3.90. The Bertz CT molecular complexity index is 724. The van der Waals surface area contributed by atoms with Gasteiger partial charge in [0.2, 0.25) is 11.8 Å². The number of carbonyl (C=O) groups is 3. The molecule has 3 N–H and O–H groups in total. The van der Waals surface area contributed by atoms with Gasteiger partial charge in [-0.1, -0.05) is 19.0 Å². The molecule has 1 fully saturated rings. The normalized spacial score (nSPS) is 19.6. The summed E-state index contributed by atoms with van der Waals surface area (Å²) in [7, 11) is 1.29. The number of aromatic nitrogens is 1. The quantitative estimate of drug-likeness (QED) is 0.247. The number of carbonyl (C=O) groups excluding carboxylic acids is 3. The zero-order valence-corrected chi connectivity index (χ0v) is 16.6. The standard InChI is InChI=1S/C14H18ClN5O4S2/c1-6(2)26-13-10(12(23)19-13)18-11(22)9(20-24-3)7-5-25-14(16-7)17-8(21)4-15/h5-6,10,13H,4H2,1-3H3,(H,18,22)(H,19,23)(H,16,17,21)/b20-9-/t10-,13+/m1/s1. The number of hydrogen-bond donors (Lipinski definition) is 3. The van der Waals surface area contributed by atoms with Gasteiger partial charge in [-0.05, 0) is 0 Å². The predicted octanol–water partition coefficient (Wildman–Crippen LogP) is 0.753. The number of β-lactam (4-membered cyclic amide) rings is 1. The summed E-state index contributed by atoms with van der Waals surface area (Å²) >= 11 is 8.08. The van der Waals surface area contributed by atoms with Crippen molar-refractivity contribution >= 4 is 63.3 Å². The van der Waals surface area contributed by atoms with Crippen LogP contribution in [0.25, 0.3) is 0 Å². The molecule has 9 nitrogen and oxygen atoms in total. The third-order valence-electron chi connectivity index (χ3n) is 3.09. The molecule has 0 aromatic carbocycles. The van der Waals surface area contributed by atoms with Crippen LogP contribution < -0.4 is 16.0 Å². The lowest BCUT2D eigenvalue weighted by molar-refractivity contribution is -0.132. The second kappa shape index (κ2) is 9.19. The van der Waals surface area contributed by atoms with Gasteiger partial charge in [0.15, 0.2) is 10.8 Å². The van der Waals surface area contributed by atoms with E-state index >= 15 is 0 Å². The van der Waals surface area contributed by atoms with E-state index in [0.717, 1.165) is 11.3 Å². The average Bonchev–Trinajstić information content (AvgIpc) is 3.04. The number of hydrogen-bond acceptors (Lipinski definition) is 8. The second-order valence-electron chi connectivity index (χ2n) is 5.41. The third kappa shape index (κ3) is 5.08. The van der Waals surface area contributed by atoms with Crippen molar-refractivity contribution in [3.8, 4) is 0 Å². The second-order valence-corrected chi connectivity index (χ2v) is 8.26. The Morgan fingerprint density at radius 3 is 2.85 bits per heavy atom. The summed E-state index contributed by atoms with van der Waals surface area (Å²) in [6, 6.07) is -0.661. The predicted molar refractivity (Wildman–Crippen MR) is 102 cm³/mol. The van der Waals surface area contributed by atoms with E-state index in [4.69, 9.17) is 16.4 Å². The molecule has 2 rings (SSSR count). The summed E-state index contributed by atoms with van der Waals surface area (Å²) in [5.41, 5.74) is 0.120. The number of nitrogens with zero attached hydrogens (tertiary/aromatic N) is 2. The van der Waals surface area contributed by atoms with Crippen LogP contribution in [0.4, 0.5) is 5.13 Å². The van der Waals surface area contributed by atoms with E-state index < -0.39 is 17.9 Å². The topological polar surface area (TPSA) is 122 Å². The van der Waals surface area contributed by atoms with Crippen LogP contribution >= 0.6 is 34.7 Å². The summed E-state index contributed by atoms with van der Waals surface area (Å²) in [6.07, 6.45) is 0. The van der Waals surface area contributed by atoms with E-state index in [1.54, 1.807) is 5.38 Å². The minimum Gasteiger partial charge on any atom is -0.398 e. The Kier molecular flexibility index (Phi) is 7.23. The first-order valence-electron chi connectivity index (χ1n) is 7.55. The summed E-state index contributed by atoms with van der Waals surface area (Å²) < 4.78 is 0. The van der Waals surface area contributed by atoms with Gasteiger partial charge in [-0.3, -0.25) is 14.4 Å². The zero-order valence-electron chi connectivity index (χ0n) is 14.2. The lowest BCUT2D eigenvalue weighted by atomic mass is 10.1. The molecule has 12 heteroatoms. The highest BCUT2D eigenvalue weighted by atomic mass is 35.5. The van der Waals surface area contributed by atoms with Gasteiger partial charge in [0.1, 0.15) is 30.1 Å². The Morgan fingerprint density at radius 2 is 2.27 bits per heavy atom. The molecule has 3 amide bonds. The van der Waals surface area contributed by atoms with Gasteiger partial charge in [0, 0.05) is 10.6 Å². The molecule has 26 heavy (non-hydrogen) atoms. The molecule has 2 atom stereocenters. The van der Waals surface area contributed by atoms with Gasteiger partial charge in [-0.25, -0.2) is 4.98 Å². The summed E-state index contributed by atoms with van der Waals surface area (Å²) in [6.45, 7) is 4.00. The molecule has 1 aliphatic heterocycles. The number of thioether (sulfide) groups is 1. The number of rotatable bonds is 8. The number of thiazole rings is 1. The van der Waals surface area contributed by atoms with E-state index in [1.165, 1.54) is 18.9 Å². The van der Waals surface area contributed by atoms with Crippen LogP contribution in [0.1, 0.15) is 19.5 Å². The molecule has 0 saturated carbocycles. The lowest BCUT2D eigenvalue weighted by Crippen LogP contribution is -2.68. The molecule has 0 aliphatic carbocycles. The van der Waals surface area contributed by atoms with Crippen molar-refractivity contribution < 1.29 is 19.2 Å². The van der Waals surface area contributed by atoms with Crippen LogP contribution in [-0.4, -0.2) is 58.1 Å². The molecule has 0 unspecified atom stereocenters. The Hall–Kier alpha value is -1.85. The molecule has 1 aliphatic rings. The monoisotopic (exact) mass is 419 g/mol. The maximum atomic E-state index is 12.5. The molecular formula is C14H18ClN5O4S2. The maximum Gasteiger partial charge on any atom is 0.276 e. The first-order valence-corrected chi connectivity index (χ1v) is 9.91. The Morgan fingerprint density at radius 1 is 1.54 bits per heavy atom. The van der Waals surface area contributed by atoms with Gasteiger partial charge in [-0.2, -0.15) is 0 Å². The lowest BCUT2D eigenvalue weighted by Gasteiger charge is -2.37. The van der Waals surface area contributed by atoms with Crippen molar-refractivity contribution in [1.29, 1.82) is 0 Å². The van der Waals surface area contributed by atoms with Crippen LogP contribution in [0.15, 0.2) is 10.5 Å². The van der Waals surface area contributed by atoms with Gasteiger partial charge in [0.05, 0.1) is 0 Å². The third-order valence-corrected chi connectivity index (χ3v) is 5.32. The maximum absolute atomic E-state index is 12.5. The first kappa shape index (κ1) is 20.5. The van der Waals surface area contributed by atoms with Crippen molar-refractivity contribution in [2.45, 2.75) is 30.5 Å². The van der Waals surface area contributed by atoms with Crippen LogP contribution in [0.2, 0.25) is 0 Å². The van der Waals surface area contributed by atoms with Crippen molar-refractivity contribution in [1.82, 2.24) is 15.6 Å². The number of alkyl halides is 1. The first-order chi connectivity index (χ1) is 12.3. The molecule has 2 heterocycles. The summed E-state index contributed by atoms with van der Waals surface area (Å²) in [5, 5.41) is 13.5. The fourth-order valence-electron chi connectivity index (χ4n) is 2.00. The number of oxime groups is 1. The van der Waals surface area contributed by atoms with Crippen molar-refractivity contribution in [2.75, 3.05) is 18.3 Å². The smallest absolute Gasteiger partial charge is 0.276 e. The number of nitrogens with one attached hydrogen (secondary N) is 3. The molecule has 0 bridgehead atoms. The van der Waals surface area contributed by atoms with E-state index in [0.29, 0.717) is 5.25 Å². The highest BCUT2D eigenvalue weighted by Crippen LogP contribution is 2.24. The van der Waals surface area contributed by atoms with Gasteiger partial charge in [0.25, 0.3) is 5.91 Å². The zero-order chi connectivity index (χ0) is 19.3. The molecule has 142 valence electrons. The molecule has 0 spiro atoms. The van der Waals surface area contributed by atoms with Crippen LogP contribution in [0, 0.1) is 0 Å². The highest BCUT2D eigenvalue weighted by Gasteiger charge is 2.42.